The fraction of sp³-hybridized carbons (Fsp3) is 0.259. The first-order chi connectivity index (χ1) is 42.9. The minimum atomic E-state index is -0.877. The Hall–Kier alpha value is -8.40. The van der Waals surface area contributed by atoms with E-state index in [2.05, 4.69) is 282 Å². The van der Waals surface area contributed by atoms with Crippen molar-refractivity contribution in [2.24, 2.45) is 0 Å². The average molecular weight is 1160 g/mol. The maximum Gasteiger partial charge on any atom is 0.119 e. The molecule has 2 fully saturated rings. The van der Waals surface area contributed by atoms with Crippen molar-refractivity contribution >= 4 is 0 Å². The molecule has 10 aromatic rings. The minimum absolute atomic E-state index is 0.0710. The van der Waals surface area contributed by atoms with Crippen LogP contribution in [-0.2, 0) is 41.0 Å². The van der Waals surface area contributed by atoms with Crippen LogP contribution in [0.1, 0.15) is 119 Å². The number of benzene rings is 10. The minimum Gasteiger partial charge on any atom is -0.491 e. The Kier molecular flexibility index (Phi) is 15.6. The van der Waals surface area contributed by atoms with Crippen molar-refractivity contribution in [2.75, 3.05) is 39.6 Å². The molecule has 0 aromatic heterocycles. The van der Waals surface area contributed by atoms with Crippen LogP contribution in [-0.4, -0.2) is 63.1 Å². The summed E-state index contributed by atoms with van der Waals surface area (Å²) in [6.07, 6.45) is 1.18. The number of fused-ring (bicyclic) bond motifs is 2. The SMILES string of the molecule is CC(C)(OCC(O)COc1ccc(C2(c3ccc(C(C)(C)OCC4CO4)cc3)CC(c3ccccc3)c3cc(-c4ccccc4)ccc32)cc1)c1ccc(C2(c3ccc(OCC4CO4)cc3)CC(c3ccccc3)c3cc(-c4ccccc4)ccc32)cc1. The number of aliphatic hydroxyl groups is 1. The van der Waals surface area contributed by atoms with Gasteiger partial charge in [-0.3, -0.25) is 0 Å². The van der Waals surface area contributed by atoms with Gasteiger partial charge < -0.3 is 33.5 Å². The summed E-state index contributed by atoms with van der Waals surface area (Å²) in [6, 6.07) is 92.8. The number of hydrogen-bond acceptors (Lipinski definition) is 7. The van der Waals surface area contributed by atoms with Gasteiger partial charge in [0.15, 0.2) is 0 Å². The molecule has 0 saturated carbocycles. The maximum absolute atomic E-state index is 11.6. The Labute approximate surface area is 518 Å². The van der Waals surface area contributed by atoms with E-state index in [9.17, 15) is 5.11 Å². The van der Waals surface area contributed by atoms with Gasteiger partial charge in [0.05, 0.1) is 37.6 Å². The number of rotatable bonds is 22. The van der Waals surface area contributed by atoms with E-state index in [-0.39, 0.29) is 37.3 Å². The number of hydrogen-bond donors (Lipinski definition) is 1. The van der Waals surface area contributed by atoms with Crippen LogP contribution in [0.4, 0.5) is 0 Å². The molecule has 7 nitrogen and oxygen atoms in total. The highest BCUT2D eigenvalue weighted by Gasteiger charge is 2.49. The number of epoxide rings is 2. The van der Waals surface area contributed by atoms with Crippen LogP contribution in [0.2, 0.25) is 0 Å². The van der Waals surface area contributed by atoms with E-state index < -0.39 is 28.1 Å². The van der Waals surface area contributed by atoms with Gasteiger partial charge in [-0.15, -0.1) is 0 Å². The standard InChI is InChI=1S/C81H76O7/c1-78(2,61-27-31-63(32-28-61)81(66-37-41-69(42-38-66)84-51-70-52-85-70)48-75(58-23-15-8-16-24-58)73-46-60(26-44-77(73)81)56-19-11-6-12-20-56)87-50-67(82)49-83-68-39-35-65(36-40-68)80(64-33-29-62(30-34-64)79(3,4)88-54-71-53-86-71)47-74(57-21-13-7-14-22-57)72-45-59(25-43-76(72)80)55-17-9-5-10-18-55/h5-46,67,70-71,74-75,82H,47-54H2,1-4H3. The predicted octanol–water partition coefficient (Wildman–Crippen LogP) is 16.9. The Morgan fingerprint density at radius 2 is 0.784 bits per heavy atom. The third kappa shape index (κ3) is 11.4. The van der Waals surface area contributed by atoms with Crippen LogP contribution in [0.3, 0.4) is 0 Å². The lowest BCUT2D eigenvalue weighted by Crippen LogP contribution is -2.31. The van der Waals surface area contributed by atoms with Crippen LogP contribution in [0.25, 0.3) is 22.3 Å². The lowest BCUT2D eigenvalue weighted by molar-refractivity contribution is -0.0717. The summed E-state index contributed by atoms with van der Waals surface area (Å²) in [7, 11) is 0. The van der Waals surface area contributed by atoms with E-state index in [1.54, 1.807) is 0 Å². The molecule has 2 aliphatic carbocycles. The van der Waals surface area contributed by atoms with Crippen LogP contribution in [0.5, 0.6) is 11.5 Å². The molecular weight excluding hydrogens is 1080 g/mol. The highest BCUT2D eigenvalue weighted by atomic mass is 16.6. The van der Waals surface area contributed by atoms with Crippen LogP contribution in [0.15, 0.2) is 255 Å². The Morgan fingerprint density at radius 1 is 0.409 bits per heavy atom. The molecule has 7 atom stereocenters. The molecule has 1 N–H and O–H groups in total. The first-order valence-corrected chi connectivity index (χ1v) is 31.3. The zero-order valence-electron chi connectivity index (χ0n) is 50.7. The summed E-state index contributed by atoms with van der Waals surface area (Å²) >= 11 is 0. The van der Waals surface area contributed by atoms with Gasteiger partial charge in [0.25, 0.3) is 0 Å². The quantitative estimate of drug-likeness (QED) is 0.0677. The summed E-state index contributed by atoms with van der Waals surface area (Å²) < 4.78 is 36.6. The molecule has 14 rings (SSSR count). The van der Waals surface area contributed by atoms with Gasteiger partial charge in [0.1, 0.15) is 43.0 Å². The van der Waals surface area contributed by atoms with E-state index >= 15 is 0 Å². The lowest BCUT2D eigenvalue weighted by atomic mass is 9.69. The van der Waals surface area contributed by atoms with Gasteiger partial charge in [0.2, 0.25) is 0 Å². The lowest BCUT2D eigenvalue weighted by Gasteiger charge is -2.34. The van der Waals surface area contributed by atoms with E-state index in [4.69, 9.17) is 28.4 Å². The van der Waals surface area contributed by atoms with Crippen molar-refractivity contribution in [2.45, 2.75) is 92.7 Å². The van der Waals surface area contributed by atoms with E-state index in [1.165, 1.54) is 77.9 Å². The second-order valence-electron chi connectivity index (χ2n) is 25.5. The first kappa shape index (κ1) is 57.4. The highest BCUT2D eigenvalue weighted by Crippen LogP contribution is 2.59. The van der Waals surface area contributed by atoms with Gasteiger partial charge in [-0.1, -0.05) is 231 Å². The van der Waals surface area contributed by atoms with Crippen molar-refractivity contribution in [3.05, 3.63) is 322 Å². The normalized spacial score (nSPS) is 21.3. The topological polar surface area (TPSA) is 82.2 Å². The van der Waals surface area contributed by atoms with Crippen molar-refractivity contribution in [3.63, 3.8) is 0 Å². The van der Waals surface area contributed by atoms with E-state index in [1.807, 2.05) is 0 Å². The molecule has 2 saturated heterocycles. The summed E-state index contributed by atoms with van der Waals surface area (Å²) in [4.78, 5) is 0. The molecule has 2 aliphatic heterocycles. The largest absolute Gasteiger partial charge is 0.491 e. The summed E-state index contributed by atoms with van der Waals surface area (Å²) in [5, 5.41) is 11.6. The molecule has 0 radical (unpaired) electrons. The zero-order valence-corrected chi connectivity index (χ0v) is 50.7. The van der Waals surface area contributed by atoms with Crippen LogP contribution >= 0.6 is 0 Å². The first-order valence-electron chi connectivity index (χ1n) is 31.3. The summed E-state index contributed by atoms with van der Waals surface area (Å²) in [5.74, 6) is 1.82. The second kappa shape index (κ2) is 23.9. The van der Waals surface area contributed by atoms with Crippen LogP contribution in [0, 0.1) is 0 Å². The molecule has 10 aromatic carbocycles. The molecule has 2 heterocycles. The average Bonchev–Trinajstić information content (AvgIpc) is 1.60. The molecule has 4 aliphatic rings. The molecule has 7 heteroatoms. The van der Waals surface area contributed by atoms with Crippen molar-refractivity contribution < 1.29 is 33.5 Å². The fourth-order valence-electron chi connectivity index (χ4n) is 14.1. The smallest absolute Gasteiger partial charge is 0.119 e. The van der Waals surface area contributed by atoms with Crippen molar-refractivity contribution in [1.82, 2.24) is 0 Å². The van der Waals surface area contributed by atoms with Gasteiger partial charge in [-0.25, -0.2) is 0 Å². The van der Waals surface area contributed by atoms with Crippen molar-refractivity contribution in [1.29, 1.82) is 0 Å². The molecule has 442 valence electrons. The molecular formula is C81H76O7. The predicted molar refractivity (Wildman–Crippen MR) is 350 cm³/mol. The Balaban J connectivity index is 0.713. The molecule has 0 amide bonds. The maximum atomic E-state index is 11.6. The zero-order chi connectivity index (χ0) is 59.9. The Morgan fingerprint density at radius 3 is 1.20 bits per heavy atom. The van der Waals surface area contributed by atoms with Crippen molar-refractivity contribution in [3.8, 4) is 33.8 Å². The van der Waals surface area contributed by atoms with Crippen LogP contribution < -0.4 is 9.47 Å². The molecule has 0 spiro atoms. The molecule has 88 heavy (non-hydrogen) atoms. The van der Waals surface area contributed by atoms with E-state index in [0.717, 1.165) is 42.9 Å². The molecule has 7 unspecified atom stereocenters. The second-order valence-corrected chi connectivity index (χ2v) is 25.5. The van der Waals surface area contributed by atoms with E-state index in [0.29, 0.717) is 19.0 Å². The van der Waals surface area contributed by atoms with Gasteiger partial charge in [-0.05, 0) is 154 Å². The van der Waals surface area contributed by atoms with Gasteiger partial charge in [-0.2, -0.15) is 0 Å². The highest BCUT2D eigenvalue weighted by molar-refractivity contribution is 5.72. The molecule has 0 bridgehead atoms. The monoisotopic (exact) mass is 1160 g/mol. The van der Waals surface area contributed by atoms with Gasteiger partial charge in [0, 0.05) is 22.7 Å². The Bertz CT molecular complexity index is 3990. The fourth-order valence-corrected chi connectivity index (χ4v) is 14.1. The number of aliphatic hydroxyl groups excluding tert-OH is 1. The summed E-state index contributed by atoms with van der Waals surface area (Å²) in [6.45, 7) is 11.2. The van der Waals surface area contributed by atoms with Gasteiger partial charge >= 0.3 is 0 Å². The third-order valence-electron chi connectivity index (χ3n) is 19.2. The summed E-state index contributed by atoms with van der Waals surface area (Å²) in [5.41, 5.74) is 17.5. The number of ether oxygens (including phenoxy) is 6. The third-order valence-corrected chi connectivity index (χ3v) is 19.2.